The van der Waals surface area contributed by atoms with Gasteiger partial charge in [0, 0.05) is 23.5 Å². The number of anilines is 1. The molecular weight excluding hydrogens is 265 g/mol. The first-order valence-corrected chi connectivity index (χ1v) is 6.84. The van der Waals surface area contributed by atoms with E-state index in [1.165, 1.54) is 12.1 Å². The van der Waals surface area contributed by atoms with Crippen molar-refractivity contribution >= 4 is 5.69 Å². The van der Waals surface area contributed by atoms with Crippen molar-refractivity contribution in [3.05, 3.63) is 72.2 Å². The number of aromatic nitrogens is 2. The highest BCUT2D eigenvalue weighted by Crippen LogP contribution is 2.24. The molecule has 1 aromatic heterocycles. The molecule has 4 heteroatoms. The minimum atomic E-state index is -0.216. The Hall–Kier alpha value is -2.62. The molecule has 3 rings (SSSR count). The van der Waals surface area contributed by atoms with Gasteiger partial charge in [-0.15, -0.1) is 0 Å². The van der Waals surface area contributed by atoms with Crippen LogP contribution in [0.25, 0.3) is 11.3 Å². The molecule has 0 radical (unpaired) electrons. The van der Waals surface area contributed by atoms with E-state index in [2.05, 4.69) is 28.5 Å². The van der Waals surface area contributed by atoms with E-state index in [9.17, 15) is 4.39 Å². The van der Waals surface area contributed by atoms with E-state index in [4.69, 9.17) is 0 Å². The molecule has 21 heavy (non-hydrogen) atoms. The van der Waals surface area contributed by atoms with Gasteiger partial charge in [-0.05, 0) is 42.8 Å². The zero-order chi connectivity index (χ0) is 14.7. The predicted molar refractivity (Wildman–Crippen MR) is 82.5 cm³/mol. The van der Waals surface area contributed by atoms with Crippen LogP contribution in [0.1, 0.15) is 18.5 Å². The Morgan fingerprint density at radius 3 is 2.62 bits per heavy atom. The molecule has 1 heterocycles. The molecule has 2 N–H and O–H groups in total. The maximum absolute atomic E-state index is 13.0. The summed E-state index contributed by atoms with van der Waals surface area (Å²) in [6, 6.07) is 16.7. The first-order chi connectivity index (χ1) is 10.2. The highest BCUT2D eigenvalue weighted by Gasteiger charge is 2.06. The fraction of sp³-hybridized carbons (Fsp3) is 0.118. The monoisotopic (exact) mass is 281 g/mol. The van der Waals surface area contributed by atoms with Crippen molar-refractivity contribution in [3.63, 3.8) is 0 Å². The second kappa shape index (κ2) is 5.79. The van der Waals surface area contributed by atoms with Crippen LogP contribution in [-0.2, 0) is 0 Å². The average Bonchev–Trinajstić information content (AvgIpc) is 3.02. The van der Waals surface area contributed by atoms with E-state index in [-0.39, 0.29) is 11.9 Å². The molecule has 1 atom stereocenters. The molecule has 0 fully saturated rings. The summed E-state index contributed by atoms with van der Waals surface area (Å²) in [5.74, 6) is -0.216. The van der Waals surface area contributed by atoms with E-state index in [0.29, 0.717) is 0 Å². The Balaban J connectivity index is 1.78. The Morgan fingerprint density at radius 2 is 1.90 bits per heavy atom. The van der Waals surface area contributed by atoms with Crippen LogP contribution in [0.15, 0.2) is 60.8 Å². The van der Waals surface area contributed by atoms with Crippen LogP contribution in [-0.4, -0.2) is 10.2 Å². The molecule has 3 nitrogen and oxygen atoms in total. The van der Waals surface area contributed by atoms with Gasteiger partial charge in [0.2, 0.25) is 0 Å². The summed E-state index contributed by atoms with van der Waals surface area (Å²) in [5.41, 5.74) is 4.11. The Bertz CT molecular complexity index is 705. The van der Waals surface area contributed by atoms with Gasteiger partial charge >= 0.3 is 0 Å². The summed E-state index contributed by atoms with van der Waals surface area (Å²) >= 11 is 0. The highest BCUT2D eigenvalue weighted by molar-refractivity contribution is 5.64. The van der Waals surface area contributed by atoms with Gasteiger partial charge in [0.25, 0.3) is 0 Å². The maximum atomic E-state index is 13.0. The number of halogens is 1. The molecule has 3 aromatic rings. The molecule has 1 unspecified atom stereocenters. The number of nitrogens with one attached hydrogen (secondary N) is 2. The molecule has 0 bridgehead atoms. The number of rotatable bonds is 4. The second-order valence-corrected chi connectivity index (χ2v) is 4.97. The van der Waals surface area contributed by atoms with Gasteiger partial charge in [-0.1, -0.05) is 24.3 Å². The van der Waals surface area contributed by atoms with Gasteiger partial charge in [0.1, 0.15) is 5.82 Å². The summed E-state index contributed by atoms with van der Waals surface area (Å²) in [6.45, 7) is 2.05. The van der Waals surface area contributed by atoms with Gasteiger partial charge in [-0.2, -0.15) is 5.10 Å². The van der Waals surface area contributed by atoms with Crippen LogP contribution in [0.5, 0.6) is 0 Å². The van der Waals surface area contributed by atoms with Crippen LogP contribution >= 0.6 is 0 Å². The van der Waals surface area contributed by atoms with E-state index in [0.717, 1.165) is 22.5 Å². The largest absolute Gasteiger partial charge is 0.379 e. The summed E-state index contributed by atoms with van der Waals surface area (Å²) < 4.78 is 13.0. The van der Waals surface area contributed by atoms with E-state index >= 15 is 0 Å². The fourth-order valence-electron chi connectivity index (χ4n) is 2.28. The summed E-state index contributed by atoms with van der Waals surface area (Å²) in [5, 5.41) is 10.3. The number of aromatic amines is 1. The second-order valence-electron chi connectivity index (χ2n) is 4.97. The lowest BCUT2D eigenvalue weighted by molar-refractivity contribution is 0.626. The molecule has 0 amide bonds. The van der Waals surface area contributed by atoms with Crippen molar-refractivity contribution in [1.29, 1.82) is 0 Å². The van der Waals surface area contributed by atoms with Crippen LogP contribution < -0.4 is 5.32 Å². The number of hydrogen-bond acceptors (Lipinski definition) is 2. The van der Waals surface area contributed by atoms with Crippen molar-refractivity contribution in [1.82, 2.24) is 10.2 Å². The van der Waals surface area contributed by atoms with E-state index < -0.39 is 0 Å². The van der Waals surface area contributed by atoms with Crippen molar-refractivity contribution < 1.29 is 4.39 Å². The SMILES string of the molecule is CC(Nc1cccc(-c2ccn[nH]2)c1)c1ccc(F)cc1. The van der Waals surface area contributed by atoms with Crippen LogP contribution in [0.3, 0.4) is 0 Å². The number of hydrogen-bond donors (Lipinski definition) is 2. The third-order valence-electron chi connectivity index (χ3n) is 3.43. The predicted octanol–water partition coefficient (Wildman–Crippen LogP) is 4.39. The molecule has 0 saturated carbocycles. The zero-order valence-electron chi connectivity index (χ0n) is 11.7. The smallest absolute Gasteiger partial charge is 0.123 e. The Morgan fingerprint density at radius 1 is 1.10 bits per heavy atom. The van der Waals surface area contributed by atoms with Gasteiger partial charge in [-0.3, -0.25) is 5.10 Å². The van der Waals surface area contributed by atoms with Crippen LogP contribution in [0, 0.1) is 5.82 Å². The normalized spacial score (nSPS) is 12.1. The standard InChI is InChI=1S/C17H16FN3/c1-12(13-5-7-15(18)8-6-13)20-16-4-2-3-14(11-16)17-9-10-19-21-17/h2-12,20H,1H3,(H,19,21). The van der Waals surface area contributed by atoms with Gasteiger partial charge in [0.15, 0.2) is 0 Å². The lowest BCUT2D eigenvalue weighted by Gasteiger charge is -2.16. The van der Waals surface area contributed by atoms with Crippen molar-refractivity contribution in [2.45, 2.75) is 13.0 Å². The number of nitrogens with zero attached hydrogens (tertiary/aromatic N) is 1. The molecule has 0 aliphatic heterocycles. The van der Waals surface area contributed by atoms with Crippen molar-refractivity contribution in [2.24, 2.45) is 0 Å². The number of H-pyrrole nitrogens is 1. The van der Waals surface area contributed by atoms with Crippen molar-refractivity contribution in [2.75, 3.05) is 5.32 Å². The molecule has 0 spiro atoms. The molecular formula is C17H16FN3. The summed E-state index contributed by atoms with van der Waals surface area (Å²) in [7, 11) is 0. The van der Waals surface area contributed by atoms with E-state index in [1.807, 2.05) is 24.3 Å². The summed E-state index contributed by atoms with van der Waals surface area (Å²) in [6.07, 6.45) is 1.73. The van der Waals surface area contributed by atoms with Crippen LogP contribution in [0.4, 0.5) is 10.1 Å². The lowest BCUT2D eigenvalue weighted by Crippen LogP contribution is -2.06. The molecule has 0 aliphatic carbocycles. The first-order valence-electron chi connectivity index (χ1n) is 6.84. The maximum Gasteiger partial charge on any atom is 0.123 e. The minimum absolute atomic E-state index is 0.0996. The van der Waals surface area contributed by atoms with Crippen molar-refractivity contribution in [3.8, 4) is 11.3 Å². The molecule has 2 aromatic carbocycles. The summed E-state index contributed by atoms with van der Waals surface area (Å²) in [4.78, 5) is 0. The lowest BCUT2D eigenvalue weighted by atomic mass is 10.1. The Labute approximate surface area is 122 Å². The average molecular weight is 281 g/mol. The van der Waals surface area contributed by atoms with Gasteiger partial charge in [0.05, 0.1) is 5.69 Å². The van der Waals surface area contributed by atoms with Crippen LogP contribution in [0.2, 0.25) is 0 Å². The third kappa shape index (κ3) is 3.11. The fourth-order valence-corrected chi connectivity index (χ4v) is 2.28. The first kappa shape index (κ1) is 13.4. The van der Waals surface area contributed by atoms with Gasteiger partial charge < -0.3 is 5.32 Å². The minimum Gasteiger partial charge on any atom is -0.379 e. The van der Waals surface area contributed by atoms with E-state index in [1.54, 1.807) is 18.3 Å². The topological polar surface area (TPSA) is 40.7 Å². The zero-order valence-corrected chi connectivity index (χ0v) is 11.7. The quantitative estimate of drug-likeness (QED) is 0.744. The number of benzene rings is 2. The molecule has 106 valence electrons. The van der Waals surface area contributed by atoms with Gasteiger partial charge in [-0.25, -0.2) is 4.39 Å². The third-order valence-corrected chi connectivity index (χ3v) is 3.43. The molecule has 0 aliphatic rings. The Kier molecular flexibility index (Phi) is 3.69. The molecule has 0 saturated heterocycles. The highest BCUT2D eigenvalue weighted by atomic mass is 19.1.